The maximum atomic E-state index is 6.32. The monoisotopic (exact) mass is 311 g/mol. The number of aryl methyl sites for hydroxylation is 1. The molecule has 0 radical (unpaired) electrons. The summed E-state index contributed by atoms with van der Waals surface area (Å²) in [6.07, 6.45) is 3.47. The molecule has 0 fully saturated rings. The lowest BCUT2D eigenvalue weighted by Crippen LogP contribution is -2.24. The van der Waals surface area contributed by atoms with Crippen LogP contribution >= 0.6 is 23.2 Å². The molecule has 1 N–H and O–H groups in total. The smallest absolute Gasteiger partial charge is 0.197 e. The van der Waals surface area contributed by atoms with E-state index in [1.54, 1.807) is 6.26 Å². The molecule has 2 nitrogen and oxygen atoms in total. The molecule has 2 aromatic rings. The third kappa shape index (κ3) is 3.78. The number of halogens is 2. The molecule has 0 aliphatic carbocycles. The van der Waals surface area contributed by atoms with E-state index in [2.05, 4.69) is 24.4 Å². The Hall–Kier alpha value is -0.960. The number of hydrogen-bond donors (Lipinski definition) is 1. The SMILES string of the molecule is CCCNC(Cc1ccc(C)cc1Cl)c1ccoc1Cl. The first-order valence-corrected chi connectivity index (χ1v) is 7.58. The van der Waals surface area contributed by atoms with Crippen LogP contribution < -0.4 is 5.32 Å². The zero-order chi connectivity index (χ0) is 14.5. The summed E-state index contributed by atoms with van der Waals surface area (Å²) in [7, 11) is 0. The molecule has 20 heavy (non-hydrogen) atoms. The summed E-state index contributed by atoms with van der Waals surface area (Å²) in [6.45, 7) is 5.10. The van der Waals surface area contributed by atoms with Gasteiger partial charge >= 0.3 is 0 Å². The topological polar surface area (TPSA) is 25.2 Å². The van der Waals surface area contributed by atoms with Gasteiger partial charge in [-0.1, -0.05) is 30.7 Å². The molecule has 1 aromatic heterocycles. The van der Waals surface area contributed by atoms with E-state index >= 15 is 0 Å². The van der Waals surface area contributed by atoms with Crippen LogP contribution in [0.5, 0.6) is 0 Å². The average molecular weight is 312 g/mol. The van der Waals surface area contributed by atoms with Crippen LogP contribution in [0.2, 0.25) is 10.2 Å². The summed E-state index contributed by atoms with van der Waals surface area (Å²) in [5, 5.41) is 4.75. The normalized spacial score (nSPS) is 12.6. The summed E-state index contributed by atoms with van der Waals surface area (Å²) in [5.41, 5.74) is 3.26. The van der Waals surface area contributed by atoms with Crippen molar-refractivity contribution in [3.63, 3.8) is 0 Å². The van der Waals surface area contributed by atoms with Crippen molar-refractivity contribution in [1.29, 1.82) is 0 Å². The number of rotatable bonds is 6. The molecule has 0 aliphatic heterocycles. The molecule has 2 rings (SSSR count). The van der Waals surface area contributed by atoms with Gasteiger partial charge in [0.15, 0.2) is 5.22 Å². The third-order valence-electron chi connectivity index (χ3n) is 3.29. The molecule has 0 aliphatic rings. The van der Waals surface area contributed by atoms with Crippen molar-refractivity contribution in [3.05, 3.63) is 57.5 Å². The van der Waals surface area contributed by atoms with E-state index in [4.69, 9.17) is 27.6 Å². The van der Waals surface area contributed by atoms with Crippen LogP contribution in [0.4, 0.5) is 0 Å². The minimum atomic E-state index is 0.112. The second-order valence-corrected chi connectivity index (χ2v) is 5.71. The fourth-order valence-electron chi connectivity index (χ4n) is 2.20. The summed E-state index contributed by atoms with van der Waals surface area (Å²) >= 11 is 12.4. The molecule has 0 bridgehead atoms. The van der Waals surface area contributed by atoms with Gasteiger partial charge in [-0.2, -0.15) is 0 Å². The van der Waals surface area contributed by atoms with Crippen LogP contribution in [0.25, 0.3) is 0 Å². The Morgan fingerprint density at radius 2 is 2.05 bits per heavy atom. The van der Waals surface area contributed by atoms with E-state index < -0.39 is 0 Å². The molecule has 0 amide bonds. The largest absolute Gasteiger partial charge is 0.453 e. The molecule has 0 spiro atoms. The van der Waals surface area contributed by atoms with Gasteiger partial charge in [-0.25, -0.2) is 0 Å². The first kappa shape index (κ1) is 15.4. The van der Waals surface area contributed by atoms with Crippen LogP contribution in [-0.2, 0) is 6.42 Å². The van der Waals surface area contributed by atoms with Crippen molar-refractivity contribution in [2.75, 3.05) is 6.54 Å². The highest BCUT2D eigenvalue weighted by atomic mass is 35.5. The maximum Gasteiger partial charge on any atom is 0.197 e. The highest BCUT2D eigenvalue weighted by Gasteiger charge is 2.18. The summed E-state index contributed by atoms with van der Waals surface area (Å²) in [5.74, 6) is 0. The van der Waals surface area contributed by atoms with E-state index in [1.165, 1.54) is 0 Å². The standard InChI is InChI=1S/C16H19Cl2NO/c1-3-7-19-15(13-6-8-20-16(13)18)10-12-5-4-11(2)9-14(12)17/h4-6,8-9,15,19H,3,7,10H2,1-2H3. The Morgan fingerprint density at radius 1 is 1.25 bits per heavy atom. The zero-order valence-electron chi connectivity index (χ0n) is 11.7. The van der Waals surface area contributed by atoms with E-state index in [0.717, 1.165) is 41.1 Å². The second kappa shape index (κ2) is 7.16. The Morgan fingerprint density at radius 3 is 2.65 bits per heavy atom. The number of nitrogens with one attached hydrogen (secondary N) is 1. The summed E-state index contributed by atoms with van der Waals surface area (Å²) in [6, 6.07) is 8.17. The molecule has 0 saturated carbocycles. The van der Waals surface area contributed by atoms with Gasteiger partial charge in [-0.05, 0) is 61.2 Å². The van der Waals surface area contributed by atoms with E-state index in [1.807, 2.05) is 19.1 Å². The van der Waals surface area contributed by atoms with Gasteiger partial charge in [0, 0.05) is 16.6 Å². The number of hydrogen-bond acceptors (Lipinski definition) is 2. The Labute approximate surface area is 130 Å². The predicted octanol–water partition coefficient (Wildman–Crippen LogP) is 5.18. The van der Waals surface area contributed by atoms with Gasteiger partial charge < -0.3 is 9.73 Å². The third-order valence-corrected chi connectivity index (χ3v) is 3.95. The molecule has 1 aromatic carbocycles. The van der Waals surface area contributed by atoms with Crippen LogP contribution in [-0.4, -0.2) is 6.54 Å². The molecule has 4 heteroatoms. The molecule has 1 heterocycles. The zero-order valence-corrected chi connectivity index (χ0v) is 13.3. The molecule has 0 saturated heterocycles. The van der Waals surface area contributed by atoms with Crippen molar-refractivity contribution in [2.45, 2.75) is 32.7 Å². The van der Waals surface area contributed by atoms with Crippen molar-refractivity contribution < 1.29 is 4.42 Å². The second-order valence-electron chi connectivity index (χ2n) is 4.96. The lowest BCUT2D eigenvalue weighted by atomic mass is 10.00. The number of benzene rings is 1. The van der Waals surface area contributed by atoms with Crippen LogP contribution in [0.3, 0.4) is 0 Å². The Bertz CT molecular complexity index is 565. The summed E-state index contributed by atoms with van der Waals surface area (Å²) < 4.78 is 5.20. The lowest BCUT2D eigenvalue weighted by Gasteiger charge is -2.18. The fraction of sp³-hybridized carbons (Fsp3) is 0.375. The first-order chi connectivity index (χ1) is 9.61. The predicted molar refractivity (Wildman–Crippen MR) is 84.6 cm³/mol. The van der Waals surface area contributed by atoms with Crippen molar-refractivity contribution in [3.8, 4) is 0 Å². The van der Waals surface area contributed by atoms with E-state index in [0.29, 0.717) is 5.22 Å². The average Bonchev–Trinajstić information content (AvgIpc) is 2.83. The van der Waals surface area contributed by atoms with E-state index in [9.17, 15) is 0 Å². The Kier molecular flexibility index (Phi) is 5.53. The van der Waals surface area contributed by atoms with Crippen LogP contribution in [0.1, 0.15) is 36.1 Å². The van der Waals surface area contributed by atoms with Gasteiger partial charge in [-0.15, -0.1) is 0 Å². The molecular weight excluding hydrogens is 293 g/mol. The fourth-order valence-corrected chi connectivity index (χ4v) is 2.76. The molecular formula is C16H19Cl2NO. The quantitative estimate of drug-likeness (QED) is 0.795. The van der Waals surface area contributed by atoms with Gasteiger partial charge in [0.05, 0.1) is 6.26 Å². The Balaban J connectivity index is 2.21. The van der Waals surface area contributed by atoms with Gasteiger partial charge in [0.2, 0.25) is 0 Å². The molecule has 1 atom stereocenters. The lowest BCUT2D eigenvalue weighted by molar-refractivity contribution is 0.513. The highest BCUT2D eigenvalue weighted by molar-refractivity contribution is 6.31. The minimum absolute atomic E-state index is 0.112. The van der Waals surface area contributed by atoms with E-state index in [-0.39, 0.29) is 6.04 Å². The van der Waals surface area contributed by atoms with Gasteiger partial charge in [0.25, 0.3) is 0 Å². The van der Waals surface area contributed by atoms with Gasteiger partial charge in [0.1, 0.15) is 0 Å². The van der Waals surface area contributed by atoms with Crippen molar-refractivity contribution in [1.82, 2.24) is 5.32 Å². The summed E-state index contributed by atoms with van der Waals surface area (Å²) in [4.78, 5) is 0. The molecule has 1 unspecified atom stereocenters. The highest BCUT2D eigenvalue weighted by Crippen LogP contribution is 2.29. The minimum Gasteiger partial charge on any atom is -0.453 e. The first-order valence-electron chi connectivity index (χ1n) is 6.83. The maximum absolute atomic E-state index is 6.32. The van der Waals surface area contributed by atoms with Crippen molar-refractivity contribution in [2.24, 2.45) is 0 Å². The van der Waals surface area contributed by atoms with Crippen LogP contribution in [0, 0.1) is 6.92 Å². The van der Waals surface area contributed by atoms with Gasteiger partial charge in [-0.3, -0.25) is 0 Å². The van der Waals surface area contributed by atoms with Crippen molar-refractivity contribution >= 4 is 23.2 Å². The number of furan rings is 1. The van der Waals surface area contributed by atoms with Crippen LogP contribution in [0.15, 0.2) is 34.9 Å². The molecule has 108 valence electrons.